The van der Waals surface area contributed by atoms with Crippen molar-refractivity contribution >= 4 is 52.5 Å². The third-order valence-corrected chi connectivity index (χ3v) is 7.30. The highest BCUT2D eigenvalue weighted by Crippen LogP contribution is 2.33. The van der Waals surface area contributed by atoms with E-state index in [2.05, 4.69) is 0 Å². The van der Waals surface area contributed by atoms with Gasteiger partial charge in [-0.1, -0.05) is 6.07 Å². The Kier molecular flexibility index (Phi) is 10.6. The zero-order valence-electron chi connectivity index (χ0n) is 23.4. The first-order valence-corrected chi connectivity index (χ1v) is 14.5. The Morgan fingerprint density at radius 2 is 1.26 bits per heavy atom. The summed E-state index contributed by atoms with van der Waals surface area (Å²) in [5.41, 5.74) is 4.18. The molecule has 2 aromatic heterocycles. The van der Waals surface area contributed by atoms with E-state index in [-0.39, 0.29) is 31.1 Å². The fourth-order valence-electron chi connectivity index (χ4n) is 3.20. The molecule has 0 saturated carbocycles. The van der Waals surface area contributed by atoms with Crippen molar-refractivity contribution in [2.24, 2.45) is 16.6 Å². The lowest BCUT2D eigenvalue weighted by molar-refractivity contribution is -0.149. The van der Waals surface area contributed by atoms with E-state index in [1.165, 1.54) is 68.6 Å². The van der Waals surface area contributed by atoms with Crippen molar-refractivity contribution in [3.63, 3.8) is 0 Å². The number of benzene rings is 1. The molecule has 0 aliphatic heterocycles. The minimum Gasteiger partial charge on any atom is -0.480 e. The van der Waals surface area contributed by atoms with Crippen LogP contribution in [0.25, 0.3) is 0 Å². The summed E-state index contributed by atoms with van der Waals surface area (Å²) in [4.78, 5) is 62.0. The van der Waals surface area contributed by atoms with Gasteiger partial charge in [-0.05, 0) is 74.7 Å². The number of carbonyl (C=O) groups is 5. The first kappa shape index (κ1) is 32.4. The van der Waals surface area contributed by atoms with Crippen LogP contribution >= 0.6 is 22.7 Å². The molecule has 0 unspecified atom stereocenters. The van der Waals surface area contributed by atoms with Crippen LogP contribution in [0.4, 0.5) is 0 Å². The van der Waals surface area contributed by atoms with Gasteiger partial charge in [0.1, 0.15) is 19.3 Å². The maximum absolute atomic E-state index is 13.2. The van der Waals surface area contributed by atoms with Gasteiger partial charge in [0.25, 0.3) is 0 Å². The summed E-state index contributed by atoms with van der Waals surface area (Å²) >= 11 is 2.65. The van der Waals surface area contributed by atoms with Gasteiger partial charge < -0.3 is 29.8 Å². The number of ether oxygens (including phenoxy) is 4. The Hall–Kier alpha value is -4.07. The molecule has 1 aromatic carbocycles. The lowest BCUT2D eigenvalue weighted by atomic mass is 9.95. The molecule has 2 heterocycles. The Morgan fingerprint density at radius 3 is 1.69 bits per heavy atom. The molecule has 0 radical (unpaired) electrons. The molecule has 0 bridgehead atoms. The molecule has 0 saturated heterocycles. The van der Waals surface area contributed by atoms with Crippen LogP contribution in [0, 0.1) is 10.8 Å². The molecule has 0 amide bonds. The van der Waals surface area contributed by atoms with Crippen molar-refractivity contribution in [1.29, 1.82) is 0 Å². The van der Waals surface area contributed by atoms with Crippen molar-refractivity contribution in [1.82, 2.24) is 0 Å². The first-order valence-electron chi connectivity index (χ1n) is 12.6. The second-order valence-electron chi connectivity index (χ2n) is 10.7. The lowest BCUT2D eigenvalue weighted by Crippen LogP contribution is -2.36. The maximum Gasteiger partial charge on any atom is 0.339 e. The number of carboxylic acid groups (broad SMARTS) is 1. The molecule has 3 N–H and O–H groups in total. The van der Waals surface area contributed by atoms with Crippen molar-refractivity contribution in [2.75, 3.05) is 13.2 Å². The van der Waals surface area contributed by atoms with Crippen LogP contribution in [-0.2, 0) is 30.3 Å². The number of thiophene rings is 2. The number of carboxylic acids is 1. The minimum absolute atomic E-state index is 0.0974. The van der Waals surface area contributed by atoms with E-state index in [0.717, 1.165) is 0 Å². The fraction of sp³-hybridized carbons (Fsp3) is 0.345. The molecule has 3 rings (SSSR count). The summed E-state index contributed by atoms with van der Waals surface area (Å²) in [5, 5.41) is 15.9. The molecule has 0 aliphatic rings. The average molecular weight is 618 g/mol. The highest BCUT2D eigenvalue weighted by Gasteiger charge is 2.35. The van der Waals surface area contributed by atoms with Crippen molar-refractivity contribution in [3.05, 3.63) is 68.5 Å². The number of rotatable bonds is 13. The smallest absolute Gasteiger partial charge is 0.339 e. The molecular formula is C29H31NO10S2. The summed E-state index contributed by atoms with van der Waals surface area (Å²) in [6.45, 7) is 5.47. The van der Waals surface area contributed by atoms with Gasteiger partial charge in [-0.15, -0.1) is 0 Å². The highest BCUT2D eigenvalue weighted by atomic mass is 32.1. The second kappa shape index (κ2) is 13.7. The zero-order valence-corrected chi connectivity index (χ0v) is 25.0. The molecule has 1 atom stereocenters. The monoisotopic (exact) mass is 617 g/mol. The normalized spacial score (nSPS) is 12.2. The molecule has 11 nitrogen and oxygen atoms in total. The maximum atomic E-state index is 13.2. The number of hydrogen-bond acceptors (Lipinski definition) is 12. The summed E-state index contributed by atoms with van der Waals surface area (Å²) < 4.78 is 21.7. The second-order valence-corrected chi connectivity index (χ2v) is 12.2. The van der Waals surface area contributed by atoms with Crippen LogP contribution < -0.4 is 15.2 Å². The summed E-state index contributed by atoms with van der Waals surface area (Å²) in [6, 6.07) is 6.15. The fourth-order valence-corrected chi connectivity index (χ4v) is 4.45. The summed E-state index contributed by atoms with van der Waals surface area (Å²) in [6.07, 6.45) is -0.0974. The Balaban J connectivity index is 1.77. The largest absolute Gasteiger partial charge is 0.480 e. The van der Waals surface area contributed by atoms with Gasteiger partial charge in [-0.25, -0.2) is 9.59 Å². The van der Waals surface area contributed by atoms with Crippen LogP contribution in [0.2, 0.25) is 0 Å². The molecular weight excluding hydrogens is 586 g/mol. The molecule has 0 fully saturated rings. The Morgan fingerprint density at radius 1 is 0.786 bits per heavy atom. The predicted octanol–water partition coefficient (Wildman–Crippen LogP) is 4.34. The van der Waals surface area contributed by atoms with Crippen molar-refractivity contribution in [2.45, 2.75) is 40.2 Å². The van der Waals surface area contributed by atoms with Crippen LogP contribution in [0.15, 0.2) is 51.9 Å². The van der Waals surface area contributed by atoms with E-state index >= 15 is 0 Å². The quantitative estimate of drug-likeness (QED) is 0.207. The van der Waals surface area contributed by atoms with Crippen LogP contribution in [-0.4, -0.2) is 54.2 Å². The van der Waals surface area contributed by atoms with Gasteiger partial charge in [-0.3, -0.25) is 14.4 Å². The van der Waals surface area contributed by atoms with E-state index < -0.39 is 46.7 Å². The van der Waals surface area contributed by atoms with Gasteiger partial charge in [0.2, 0.25) is 0 Å². The standard InChI is InChI=1S/C29H31NO10S2/c1-28(2,15-37-24(33)18-7-9-41-13-18)26(35)39-21-6-5-17(11-20(30)23(31)32)12-22(21)40-27(36)29(3,4)16-38-25(34)19-8-10-42-14-19/h5-10,12-14,20H,11,15-16,30H2,1-4H3,(H,31,32)/t20-/m0/s1. The van der Waals surface area contributed by atoms with E-state index in [0.29, 0.717) is 16.7 Å². The van der Waals surface area contributed by atoms with Gasteiger partial charge >= 0.3 is 29.8 Å². The van der Waals surface area contributed by atoms with Gasteiger partial charge in [0.05, 0.1) is 22.0 Å². The molecule has 3 aromatic rings. The van der Waals surface area contributed by atoms with Gasteiger partial charge in [0.15, 0.2) is 11.5 Å². The zero-order chi connectivity index (χ0) is 31.1. The third-order valence-electron chi connectivity index (χ3n) is 5.93. The van der Waals surface area contributed by atoms with Crippen LogP contribution in [0.5, 0.6) is 11.5 Å². The molecule has 42 heavy (non-hydrogen) atoms. The van der Waals surface area contributed by atoms with E-state index in [1.54, 1.807) is 33.7 Å². The number of carbonyl (C=O) groups excluding carboxylic acids is 4. The summed E-state index contributed by atoms with van der Waals surface area (Å²) in [7, 11) is 0. The molecule has 0 aliphatic carbocycles. The first-order chi connectivity index (χ1) is 19.7. The molecule has 224 valence electrons. The van der Waals surface area contributed by atoms with Crippen molar-refractivity contribution in [3.8, 4) is 11.5 Å². The highest BCUT2D eigenvalue weighted by molar-refractivity contribution is 7.08. The van der Waals surface area contributed by atoms with Gasteiger partial charge in [-0.2, -0.15) is 22.7 Å². The Bertz CT molecular complexity index is 1430. The molecule has 13 heteroatoms. The third kappa shape index (κ3) is 8.71. The minimum atomic E-state index is -1.31. The van der Waals surface area contributed by atoms with Crippen molar-refractivity contribution < 1.29 is 48.0 Å². The number of hydrogen-bond donors (Lipinski definition) is 2. The predicted molar refractivity (Wildman–Crippen MR) is 154 cm³/mol. The van der Waals surface area contributed by atoms with E-state index in [1.807, 2.05) is 0 Å². The molecule has 0 spiro atoms. The van der Waals surface area contributed by atoms with Crippen LogP contribution in [0.3, 0.4) is 0 Å². The summed E-state index contributed by atoms with van der Waals surface area (Å²) in [5.74, 6) is -4.31. The number of aliphatic carboxylic acids is 1. The van der Waals surface area contributed by atoms with E-state index in [9.17, 15) is 29.1 Å². The topological polar surface area (TPSA) is 169 Å². The average Bonchev–Trinajstić information content (AvgIpc) is 3.67. The Labute approximate surface area is 250 Å². The SMILES string of the molecule is CC(C)(COC(=O)c1ccsc1)C(=O)Oc1ccc(C[C@H](N)C(=O)O)cc1OC(=O)C(C)(C)COC(=O)c1ccsc1. The number of nitrogens with two attached hydrogens (primary N) is 1. The van der Waals surface area contributed by atoms with Gasteiger partial charge in [0, 0.05) is 10.8 Å². The van der Waals surface area contributed by atoms with E-state index in [4.69, 9.17) is 24.7 Å². The van der Waals surface area contributed by atoms with Crippen LogP contribution in [0.1, 0.15) is 54.0 Å². The number of esters is 4. The lowest BCUT2D eigenvalue weighted by Gasteiger charge is -2.24.